The Kier molecular flexibility index (Phi) is 6.18. The Morgan fingerprint density at radius 1 is 1.38 bits per heavy atom. The second-order valence-corrected chi connectivity index (χ2v) is 6.40. The van der Waals surface area contributed by atoms with Crippen LogP contribution < -0.4 is 0 Å². The molecule has 1 amide bonds. The van der Waals surface area contributed by atoms with Gasteiger partial charge in [-0.1, -0.05) is 13.8 Å². The monoisotopic (exact) mass is 353 g/mol. The number of rotatable bonds is 5. The third-order valence-corrected chi connectivity index (χ3v) is 4.72. The number of nitrogens with zero attached hydrogens (tertiary/aromatic N) is 3. The normalized spacial score (nSPS) is 16.5. The summed E-state index contributed by atoms with van der Waals surface area (Å²) in [5, 5.41) is 0. The largest absolute Gasteiger partial charge is 0.339 e. The first kappa shape index (κ1) is 16.4. The fraction of sp³-hybridized carbons (Fsp3) is 0.625. The Balaban J connectivity index is 1.87. The van der Waals surface area contributed by atoms with Crippen molar-refractivity contribution >= 4 is 21.8 Å². The molecule has 0 atom stereocenters. The van der Waals surface area contributed by atoms with Gasteiger partial charge in [-0.3, -0.25) is 4.79 Å². The van der Waals surface area contributed by atoms with Crippen LogP contribution in [0.2, 0.25) is 0 Å². The molecule has 0 aliphatic carbocycles. The Morgan fingerprint density at radius 3 is 2.62 bits per heavy atom. The summed E-state index contributed by atoms with van der Waals surface area (Å²) in [5.41, 5.74) is 0.721. The lowest BCUT2D eigenvalue weighted by Gasteiger charge is -2.34. The van der Waals surface area contributed by atoms with Gasteiger partial charge < -0.3 is 9.80 Å². The number of hydrogen-bond donors (Lipinski definition) is 0. The summed E-state index contributed by atoms with van der Waals surface area (Å²) in [5.74, 6) is 0.845. The number of carbonyl (C=O) groups is 1. The van der Waals surface area contributed by atoms with E-state index < -0.39 is 0 Å². The van der Waals surface area contributed by atoms with Gasteiger partial charge in [0.05, 0.1) is 0 Å². The number of aromatic nitrogens is 1. The number of amides is 1. The minimum absolute atomic E-state index is 0.124. The molecule has 0 aromatic carbocycles. The van der Waals surface area contributed by atoms with Crippen LogP contribution in [-0.2, 0) is 0 Å². The Hall–Kier alpha value is -0.940. The molecule has 0 bridgehead atoms. The predicted molar refractivity (Wildman–Crippen MR) is 88.4 cm³/mol. The molecule has 1 aliphatic rings. The summed E-state index contributed by atoms with van der Waals surface area (Å²) in [4.78, 5) is 21.0. The van der Waals surface area contributed by atoms with Crippen LogP contribution in [0.3, 0.4) is 0 Å². The van der Waals surface area contributed by atoms with Gasteiger partial charge in [-0.2, -0.15) is 0 Å². The van der Waals surface area contributed by atoms with E-state index in [0.29, 0.717) is 4.60 Å². The van der Waals surface area contributed by atoms with Crippen molar-refractivity contribution in [3.8, 4) is 0 Å². The number of piperidine rings is 1. The second-order valence-electron chi connectivity index (χ2n) is 5.59. The van der Waals surface area contributed by atoms with Crippen molar-refractivity contribution in [2.45, 2.75) is 26.7 Å². The Labute approximate surface area is 135 Å². The highest BCUT2D eigenvalue weighted by atomic mass is 79.9. The molecule has 2 heterocycles. The van der Waals surface area contributed by atoms with Gasteiger partial charge in [-0.15, -0.1) is 0 Å². The van der Waals surface area contributed by atoms with Crippen LogP contribution in [0.5, 0.6) is 0 Å². The van der Waals surface area contributed by atoms with Gasteiger partial charge >= 0.3 is 0 Å². The van der Waals surface area contributed by atoms with Crippen molar-refractivity contribution in [3.05, 3.63) is 28.5 Å². The minimum atomic E-state index is 0.124. The van der Waals surface area contributed by atoms with Crippen molar-refractivity contribution < 1.29 is 4.79 Å². The summed E-state index contributed by atoms with van der Waals surface area (Å²) in [7, 11) is 0. The van der Waals surface area contributed by atoms with E-state index >= 15 is 0 Å². The van der Waals surface area contributed by atoms with Gasteiger partial charge in [0.25, 0.3) is 5.91 Å². The maximum atomic E-state index is 12.5. The number of hydrogen-bond acceptors (Lipinski definition) is 3. The fourth-order valence-corrected chi connectivity index (χ4v) is 3.25. The van der Waals surface area contributed by atoms with E-state index in [1.807, 2.05) is 4.90 Å². The van der Waals surface area contributed by atoms with Gasteiger partial charge in [0.1, 0.15) is 4.60 Å². The lowest BCUT2D eigenvalue weighted by molar-refractivity contribution is 0.0669. The van der Waals surface area contributed by atoms with Crippen LogP contribution in [0.4, 0.5) is 0 Å². The topological polar surface area (TPSA) is 36.4 Å². The zero-order valence-electron chi connectivity index (χ0n) is 12.9. The quantitative estimate of drug-likeness (QED) is 0.763. The maximum absolute atomic E-state index is 12.5. The third kappa shape index (κ3) is 4.51. The Bertz CT molecular complexity index is 468. The average molecular weight is 354 g/mol. The molecule has 2 rings (SSSR count). The Morgan fingerprint density at radius 2 is 2.05 bits per heavy atom. The number of carbonyl (C=O) groups excluding carboxylic acids is 1. The van der Waals surface area contributed by atoms with Crippen molar-refractivity contribution in [2.24, 2.45) is 5.92 Å². The van der Waals surface area contributed by atoms with E-state index in [4.69, 9.17) is 0 Å². The second kappa shape index (κ2) is 7.90. The molecule has 0 radical (unpaired) electrons. The van der Waals surface area contributed by atoms with E-state index in [2.05, 4.69) is 39.7 Å². The number of likely N-dealkylation sites (tertiary alicyclic amines) is 1. The van der Waals surface area contributed by atoms with Crippen LogP contribution in [-0.4, -0.2) is 53.4 Å². The molecular weight excluding hydrogens is 330 g/mol. The van der Waals surface area contributed by atoms with Crippen LogP contribution in [0.25, 0.3) is 0 Å². The molecule has 21 heavy (non-hydrogen) atoms. The van der Waals surface area contributed by atoms with Crippen LogP contribution in [0.1, 0.15) is 37.0 Å². The summed E-state index contributed by atoms with van der Waals surface area (Å²) < 4.78 is 0.713. The lowest BCUT2D eigenvalue weighted by Crippen LogP contribution is -2.41. The van der Waals surface area contributed by atoms with Gasteiger partial charge in [0.2, 0.25) is 0 Å². The predicted octanol–water partition coefficient (Wildman–Crippen LogP) is 3.04. The summed E-state index contributed by atoms with van der Waals surface area (Å²) >= 11 is 3.32. The van der Waals surface area contributed by atoms with Gasteiger partial charge in [0, 0.05) is 31.4 Å². The molecule has 0 unspecified atom stereocenters. The highest BCUT2D eigenvalue weighted by Crippen LogP contribution is 2.20. The van der Waals surface area contributed by atoms with Crippen LogP contribution in [0, 0.1) is 5.92 Å². The summed E-state index contributed by atoms with van der Waals surface area (Å²) in [6.45, 7) is 9.54. The first-order valence-electron chi connectivity index (χ1n) is 7.77. The van der Waals surface area contributed by atoms with Crippen molar-refractivity contribution in [1.29, 1.82) is 0 Å². The highest BCUT2D eigenvalue weighted by molar-refractivity contribution is 9.10. The van der Waals surface area contributed by atoms with Crippen molar-refractivity contribution in [2.75, 3.05) is 32.7 Å². The molecule has 0 N–H and O–H groups in total. The highest BCUT2D eigenvalue weighted by Gasteiger charge is 2.24. The van der Waals surface area contributed by atoms with Gasteiger partial charge in [-0.05, 0) is 59.9 Å². The third-order valence-electron chi connectivity index (χ3n) is 4.29. The molecule has 116 valence electrons. The van der Waals surface area contributed by atoms with Crippen LogP contribution >= 0.6 is 15.9 Å². The molecule has 1 saturated heterocycles. The smallest absolute Gasteiger partial charge is 0.254 e. The fourth-order valence-electron chi connectivity index (χ4n) is 2.88. The average Bonchev–Trinajstić information content (AvgIpc) is 2.52. The van der Waals surface area contributed by atoms with Crippen LogP contribution in [0.15, 0.2) is 22.9 Å². The zero-order valence-corrected chi connectivity index (χ0v) is 14.5. The molecule has 1 aromatic rings. The molecule has 5 heteroatoms. The molecular formula is C16H24BrN3O. The molecule has 1 fully saturated rings. The zero-order chi connectivity index (χ0) is 15.2. The summed E-state index contributed by atoms with van der Waals surface area (Å²) in [6, 6.07) is 3.58. The molecule has 1 aliphatic heterocycles. The number of halogens is 1. The van der Waals surface area contributed by atoms with Gasteiger partial charge in [0.15, 0.2) is 0 Å². The van der Waals surface area contributed by atoms with E-state index in [0.717, 1.165) is 57.0 Å². The van der Waals surface area contributed by atoms with E-state index in [-0.39, 0.29) is 5.91 Å². The molecule has 0 saturated carbocycles. The summed E-state index contributed by atoms with van der Waals surface area (Å²) in [6.07, 6.45) is 3.88. The minimum Gasteiger partial charge on any atom is -0.339 e. The lowest BCUT2D eigenvalue weighted by atomic mass is 9.95. The first-order chi connectivity index (χ1) is 10.1. The SMILES string of the molecule is CCN(CC)CC1CCN(C(=O)c2ccnc(Br)c2)CC1. The van der Waals surface area contributed by atoms with E-state index in [9.17, 15) is 4.79 Å². The first-order valence-corrected chi connectivity index (χ1v) is 8.56. The maximum Gasteiger partial charge on any atom is 0.254 e. The van der Waals surface area contributed by atoms with Gasteiger partial charge in [-0.25, -0.2) is 4.98 Å². The standard InChI is InChI=1S/C16H24BrN3O/c1-3-19(4-2)12-13-6-9-20(10-7-13)16(21)14-5-8-18-15(17)11-14/h5,8,11,13H,3-4,6-7,9-10,12H2,1-2H3. The molecule has 0 spiro atoms. The van der Waals surface area contributed by atoms with E-state index in [1.165, 1.54) is 0 Å². The van der Waals surface area contributed by atoms with Crippen molar-refractivity contribution in [1.82, 2.24) is 14.8 Å². The van der Waals surface area contributed by atoms with E-state index in [1.54, 1.807) is 18.3 Å². The molecule has 1 aromatic heterocycles. The van der Waals surface area contributed by atoms with Crippen molar-refractivity contribution in [3.63, 3.8) is 0 Å². The molecule has 4 nitrogen and oxygen atoms in total. The number of pyridine rings is 1.